The molecule has 0 aromatic heterocycles. The van der Waals surface area contributed by atoms with Gasteiger partial charge in [0, 0.05) is 29.5 Å². The summed E-state index contributed by atoms with van der Waals surface area (Å²) in [5.41, 5.74) is 4.74. The lowest BCUT2D eigenvalue weighted by molar-refractivity contribution is -0.121. The molecule has 1 aliphatic heterocycles. The maximum Gasteiger partial charge on any atom is 0.240 e. The molecule has 0 atom stereocenters. The summed E-state index contributed by atoms with van der Waals surface area (Å²) in [6.45, 7) is 1.73. The Bertz CT molecular complexity index is 761. The van der Waals surface area contributed by atoms with Crippen LogP contribution in [-0.4, -0.2) is 11.6 Å². The first-order valence-corrected chi connectivity index (χ1v) is 6.97. The van der Waals surface area contributed by atoms with E-state index in [4.69, 9.17) is 0 Å². The minimum atomic E-state index is -0.500. The highest BCUT2D eigenvalue weighted by Gasteiger charge is 2.18. The first-order valence-electron chi connectivity index (χ1n) is 6.97. The van der Waals surface area contributed by atoms with Gasteiger partial charge in [-0.1, -0.05) is 18.2 Å². The molecular weight excluding hydrogens is 286 g/mol. The second kappa shape index (κ2) is 5.67. The van der Waals surface area contributed by atoms with E-state index in [0.717, 1.165) is 0 Å². The highest BCUT2D eigenvalue weighted by molar-refractivity contribution is 6.04. The number of hydrazone groups is 1. The van der Waals surface area contributed by atoms with Crippen LogP contribution in [0.1, 0.15) is 24.0 Å². The van der Waals surface area contributed by atoms with Crippen molar-refractivity contribution >= 4 is 11.6 Å². The Morgan fingerprint density at radius 1 is 1.09 bits per heavy atom. The third-order valence-corrected chi connectivity index (χ3v) is 3.67. The average Bonchev–Trinajstić information content (AvgIpc) is 2.49. The third kappa shape index (κ3) is 2.62. The van der Waals surface area contributed by atoms with Crippen molar-refractivity contribution in [3.63, 3.8) is 0 Å². The van der Waals surface area contributed by atoms with Crippen molar-refractivity contribution in [3.05, 3.63) is 59.2 Å². The van der Waals surface area contributed by atoms with Crippen molar-refractivity contribution in [2.45, 2.75) is 19.8 Å². The summed E-state index contributed by atoms with van der Waals surface area (Å²) in [4.78, 5) is 11.1. The summed E-state index contributed by atoms with van der Waals surface area (Å²) < 4.78 is 28.4. The van der Waals surface area contributed by atoms with Crippen LogP contribution in [0, 0.1) is 18.6 Å². The molecular formula is C17H14F2N2O. The van der Waals surface area contributed by atoms with Crippen LogP contribution in [0.15, 0.2) is 41.5 Å². The van der Waals surface area contributed by atoms with Crippen LogP contribution in [0.25, 0.3) is 11.1 Å². The van der Waals surface area contributed by atoms with Gasteiger partial charge in [-0.25, -0.2) is 14.2 Å². The van der Waals surface area contributed by atoms with Gasteiger partial charge in [-0.15, -0.1) is 0 Å². The second-order valence-electron chi connectivity index (χ2n) is 5.22. The van der Waals surface area contributed by atoms with Crippen molar-refractivity contribution in [2.75, 3.05) is 0 Å². The molecule has 0 aliphatic carbocycles. The van der Waals surface area contributed by atoms with E-state index in [-0.39, 0.29) is 17.0 Å². The van der Waals surface area contributed by atoms with Crippen molar-refractivity contribution in [1.82, 2.24) is 5.43 Å². The van der Waals surface area contributed by atoms with E-state index in [1.165, 1.54) is 12.1 Å². The van der Waals surface area contributed by atoms with Crippen molar-refractivity contribution in [3.8, 4) is 11.1 Å². The highest BCUT2D eigenvalue weighted by Crippen LogP contribution is 2.30. The number of hydrogen-bond donors (Lipinski definition) is 1. The molecule has 2 aromatic rings. The van der Waals surface area contributed by atoms with Gasteiger partial charge in [0.05, 0.1) is 5.71 Å². The van der Waals surface area contributed by atoms with E-state index in [2.05, 4.69) is 10.5 Å². The molecule has 112 valence electrons. The number of carbonyl (C=O) groups is 1. The number of nitrogens with one attached hydrogen (secondary N) is 1. The van der Waals surface area contributed by atoms with Crippen molar-refractivity contribution < 1.29 is 13.6 Å². The average molecular weight is 300 g/mol. The molecule has 1 amide bonds. The highest BCUT2D eigenvalue weighted by atomic mass is 19.1. The molecule has 0 bridgehead atoms. The fourth-order valence-electron chi connectivity index (χ4n) is 2.60. The molecule has 22 heavy (non-hydrogen) atoms. The Balaban J connectivity index is 2.06. The van der Waals surface area contributed by atoms with Crippen LogP contribution >= 0.6 is 0 Å². The fourth-order valence-corrected chi connectivity index (χ4v) is 2.60. The number of halogens is 2. The van der Waals surface area contributed by atoms with Gasteiger partial charge in [0.25, 0.3) is 0 Å². The normalized spacial score (nSPS) is 14.5. The summed E-state index contributed by atoms with van der Waals surface area (Å²) in [7, 11) is 0. The van der Waals surface area contributed by atoms with Gasteiger partial charge in [-0.05, 0) is 30.7 Å². The lowest BCUT2D eigenvalue weighted by Crippen LogP contribution is -2.26. The van der Waals surface area contributed by atoms with Crippen LogP contribution in [0.3, 0.4) is 0 Å². The SMILES string of the molecule is Cc1cc(C2=NNC(=O)CC2)cc(F)c1-c1ccccc1F. The molecule has 5 heteroatoms. The molecule has 0 radical (unpaired) electrons. The number of rotatable bonds is 2. The lowest BCUT2D eigenvalue weighted by Gasteiger charge is -2.15. The molecule has 0 saturated carbocycles. The number of aryl methyl sites for hydroxylation is 1. The maximum atomic E-state index is 14.5. The van der Waals surface area contributed by atoms with Crippen LogP contribution in [0.2, 0.25) is 0 Å². The zero-order valence-corrected chi connectivity index (χ0v) is 12.0. The Kier molecular flexibility index (Phi) is 3.71. The minimum Gasteiger partial charge on any atom is -0.273 e. The monoisotopic (exact) mass is 300 g/mol. The molecule has 1 heterocycles. The van der Waals surface area contributed by atoms with Crippen molar-refractivity contribution in [2.24, 2.45) is 5.10 Å². The van der Waals surface area contributed by atoms with E-state index < -0.39 is 11.6 Å². The van der Waals surface area contributed by atoms with Crippen LogP contribution in [-0.2, 0) is 4.79 Å². The molecule has 1 aliphatic rings. The molecule has 0 saturated heterocycles. The number of nitrogens with zero attached hydrogens (tertiary/aromatic N) is 1. The van der Waals surface area contributed by atoms with Crippen LogP contribution in [0.4, 0.5) is 8.78 Å². The van der Waals surface area contributed by atoms with Crippen molar-refractivity contribution in [1.29, 1.82) is 0 Å². The number of hydrogen-bond acceptors (Lipinski definition) is 2. The second-order valence-corrected chi connectivity index (χ2v) is 5.22. The summed E-state index contributed by atoms with van der Waals surface area (Å²) in [5, 5.41) is 3.96. The quantitative estimate of drug-likeness (QED) is 0.905. The first-order chi connectivity index (χ1) is 10.6. The minimum absolute atomic E-state index is 0.149. The van der Waals surface area contributed by atoms with Crippen LogP contribution in [0.5, 0.6) is 0 Å². The van der Waals surface area contributed by atoms with Gasteiger partial charge in [0.1, 0.15) is 11.6 Å². The fraction of sp³-hybridized carbons (Fsp3) is 0.176. The van der Waals surface area contributed by atoms with E-state index >= 15 is 0 Å². The molecule has 3 nitrogen and oxygen atoms in total. The largest absolute Gasteiger partial charge is 0.273 e. The van der Waals surface area contributed by atoms with Gasteiger partial charge < -0.3 is 0 Å². The van der Waals surface area contributed by atoms with Gasteiger partial charge in [-0.3, -0.25) is 4.79 Å². The molecule has 1 N–H and O–H groups in total. The molecule has 0 spiro atoms. The smallest absolute Gasteiger partial charge is 0.240 e. The Morgan fingerprint density at radius 2 is 1.86 bits per heavy atom. The first kappa shape index (κ1) is 14.4. The van der Waals surface area contributed by atoms with E-state index in [1.54, 1.807) is 31.2 Å². The molecule has 3 rings (SSSR count). The van der Waals surface area contributed by atoms with E-state index in [1.807, 2.05) is 0 Å². The molecule has 0 unspecified atom stereocenters. The van der Waals surface area contributed by atoms with Gasteiger partial charge in [-0.2, -0.15) is 5.10 Å². The zero-order chi connectivity index (χ0) is 15.7. The van der Waals surface area contributed by atoms with E-state index in [0.29, 0.717) is 29.7 Å². The van der Waals surface area contributed by atoms with Gasteiger partial charge >= 0.3 is 0 Å². The number of carbonyl (C=O) groups excluding carboxylic acids is 1. The topological polar surface area (TPSA) is 41.5 Å². The van der Waals surface area contributed by atoms with Gasteiger partial charge in [0.2, 0.25) is 5.91 Å². The Hall–Kier alpha value is -2.56. The lowest BCUT2D eigenvalue weighted by atomic mass is 9.94. The molecule has 0 fully saturated rings. The predicted octanol–water partition coefficient (Wildman–Crippen LogP) is 3.55. The number of amides is 1. The number of benzene rings is 2. The summed E-state index contributed by atoms with van der Waals surface area (Å²) >= 11 is 0. The van der Waals surface area contributed by atoms with E-state index in [9.17, 15) is 13.6 Å². The summed E-state index contributed by atoms with van der Waals surface area (Å²) in [6.07, 6.45) is 0.790. The zero-order valence-electron chi connectivity index (χ0n) is 12.0. The Labute approximate surface area is 126 Å². The summed E-state index contributed by atoms with van der Waals surface area (Å²) in [5.74, 6) is -1.11. The van der Waals surface area contributed by atoms with Gasteiger partial charge in [0.15, 0.2) is 0 Å². The standard InChI is InChI=1S/C17H14F2N2O/c1-10-8-11(15-6-7-16(22)21-20-15)9-14(19)17(10)12-4-2-3-5-13(12)18/h2-5,8-9H,6-7H2,1H3,(H,21,22). The predicted molar refractivity (Wildman–Crippen MR) is 80.4 cm³/mol. The molecule has 2 aromatic carbocycles. The third-order valence-electron chi connectivity index (χ3n) is 3.67. The van der Waals surface area contributed by atoms with Crippen LogP contribution < -0.4 is 5.43 Å². The summed E-state index contributed by atoms with van der Waals surface area (Å²) in [6, 6.07) is 9.21. The Morgan fingerprint density at radius 3 is 2.50 bits per heavy atom. The maximum absolute atomic E-state index is 14.5.